The number of phosphoric ester groups is 1. The third kappa shape index (κ3) is 3.73. The van der Waals surface area contributed by atoms with Crippen LogP contribution in [0.15, 0.2) is 42.4 Å². The van der Waals surface area contributed by atoms with Crippen molar-refractivity contribution in [2.75, 3.05) is 7.11 Å². The number of rotatable bonds is 6. The van der Waals surface area contributed by atoms with Gasteiger partial charge in [0.05, 0.1) is 7.11 Å². The number of hydrogen-bond donors (Lipinski definition) is 1. The lowest BCUT2D eigenvalue weighted by Crippen LogP contribution is -2.44. The van der Waals surface area contributed by atoms with Crippen LogP contribution < -0.4 is 4.52 Å². The van der Waals surface area contributed by atoms with Gasteiger partial charge < -0.3 is 13.8 Å². The van der Waals surface area contributed by atoms with E-state index in [1.54, 1.807) is 24.3 Å². The van der Waals surface area contributed by atoms with E-state index >= 15 is 0 Å². The first-order valence-corrected chi connectivity index (χ1v) is 10.5. The number of ether oxygens (including phenoxy) is 1. The molecule has 4 fully saturated rings. The molecule has 5 nitrogen and oxygen atoms in total. The van der Waals surface area contributed by atoms with Crippen LogP contribution in [0.2, 0.25) is 0 Å². The van der Waals surface area contributed by atoms with Crippen LogP contribution in [0.25, 0.3) is 0 Å². The van der Waals surface area contributed by atoms with Gasteiger partial charge in [-0.1, -0.05) is 18.2 Å². The molecule has 0 aromatic heterocycles. The Labute approximate surface area is 148 Å². The lowest BCUT2D eigenvalue weighted by atomic mass is 9.52. The fourth-order valence-corrected chi connectivity index (χ4v) is 6.07. The summed E-state index contributed by atoms with van der Waals surface area (Å²) < 4.78 is 27.9. The van der Waals surface area contributed by atoms with Gasteiger partial charge in [-0.25, -0.2) is 4.57 Å². The second-order valence-electron chi connectivity index (χ2n) is 7.66. The SMILES string of the molecule is COC(=CC1C2CC3CC(C2)CC1C3)OP(=O)(O)Oc1ccccc1. The second kappa shape index (κ2) is 6.69. The smallest absolute Gasteiger partial charge is 0.469 e. The molecule has 0 heterocycles. The quantitative estimate of drug-likeness (QED) is 0.583. The van der Waals surface area contributed by atoms with Crippen LogP contribution in [-0.2, 0) is 13.8 Å². The topological polar surface area (TPSA) is 65.0 Å². The Morgan fingerprint density at radius 2 is 1.68 bits per heavy atom. The Balaban J connectivity index is 1.46. The monoisotopic (exact) mass is 364 g/mol. The Morgan fingerprint density at radius 3 is 2.24 bits per heavy atom. The molecular weight excluding hydrogens is 339 g/mol. The first-order valence-electron chi connectivity index (χ1n) is 9.05. The van der Waals surface area contributed by atoms with Crippen LogP contribution >= 0.6 is 7.82 Å². The zero-order valence-electron chi connectivity index (χ0n) is 14.4. The van der Waals surface area contributed by atoms with Crippen molar-refractivity contribution in [3.05, 3.63) is 42.4 Å². The standard InChI is InChI=1S/C19H25O5P/c1-22-19(24-25(20,21)23-17-5-3-2-4-6-17)12-18-15-8-13-7-14(10-15)11-16(18)9-13/h2-6,12-16,18H,7-11H2,1H3,(H,20,21). The summed E-state index contributed by atoms with van der Waals surface area (Å²) in [5.74, 6) is 3.82. The molecule has 0 saturated heterocycles. The molecule has 4 bridgehead atoms. The molecule has 25 heavy (non-hydrogen) atoms. The zero-order chi connectivity index (χ0) is 17.4. The molecule has 1 aromatic rings. The minimum Gasteiger partial charge on any atom is -0.469 e. The van der Waals surface area contributed by atoms with Gasteiger partial charge in [0.1, 0.15) is 5.75 Å². The maximum Gasteiger partial charge on any atom is 0.587 e. The van der Waals surface area contributed by atoms with E-state index in [2.05, 4.69) is 0 Å². The van der Waals surface area contributed by atoms with Crippen molar-refractivity contribution in [1.29, 1.82) is 0 Å². The summed E-state index contributed by atoms with van der Waals surface area (Å²) in [6.07, 6.45) is 8.38. The van der Waals surface area contributed by atoms with Gasteiger partial charge in [0.15, 0.2) is 0 Å². The van der Waals surface area contributed by atoms with Crippen LogP contribution in [0.4, 0.5) is 0 Å². The molecule has 136 valence electrons. The van der Waals surface area contributed by atoms with Gasteiger partial charge in [-0.3, -0.25) is 4.89 Å². The molecule has 1 unspecified atom stereocenters. The maximum atomic E-state index is 12.3. The van der Waals surface area contributed by atoms with Crippen molar-refractivity contribution >= 4 is 7.82 Å². The van der Waals surface area contributed by atoms with Crippen LogP contribution in [0, 0.1) is 29.6 Å². The summed E-state index contributed by atoms with van der Waals surface area (Å²) >= 11 is 0. The summed E-state index contributed by atoms with van der Waals surface area (Å²) in [7, 11) is -2.82. The average Bonchev–Trinajstić information content (AvgIpc) is 2.56. The lowest BCUT2D eigenvalue weighted by Gasteiger charge is -2.53. The van der Waals surface area contributed by atoms with E-state index in [9.17, 15) is 9.46 Å². The van der Waals surface area contributed by atoms with Crippen LogP contribution in [0.1, 0.15) is 32.1 Å². The molecule has 4 aliphatic carbocycles. The Morgan fingerprint density at radius 1 is 1.08 bits per heavy atom. The van der Waals surface area contributed by atoms with Gasteiger partial charge in [-0.05, 0) is 73.8 Å². The largest absolute Gasteiger partial charge is 0.587 e. The van der Waals surface area contributed by atoms with Crippen molar-refractivity contribution in [2.45, 2.75) is 32.1 Å². The highest BCUT2D eigenvalue weighted by Crippen LogP contribution is 2.57. The van der Waals surface area contributed by atoms with Crippen molar-refractivity contribution in [2.24, 2.45) is 29.6 Å². The van der Waals surface area contributed by atoms with E-state index in [0.717, 1.165) is 11.8 Å². The molecule has 4 aliphatic rings. The molecule has 0 radical (unpaired) electrons. The van der Waals surface area contributed by atoms with E-state index in [1.165, 1.54) is 39.2 Å². The molecule has 0 spiro atoms. The minimum atomic E-state index is -4.28. The lowest BCUT2D eigenvalue weighted by molar-refractivity contribution is -0.0200. The van der Waals surface area contributed by atoms with Crippen LogP contribution in [0.3, 0.4) is 0 Å². The molecule has 0 aliphatic heterocycles. The number of allylic oxidation sites excluding steroid dienone is 1. The third-order valence-corrected chi connectivity index (χ3v) is 6.85. The van der Waals surface area contributed by atoms with Crippen molar-refractivity contribution in [3.8, 4) is 5.75 Å². The number of methoxy groups -OCH3 is 1. The summed E-state index contributed by atoms with van der Waals surface area (Å²) in [5.41, 5.74) is 0. The predicted molar refractivity (Wildman–Crippen MR) is 93.6 cm³/mol. The summed E-state index contributed by atoms with van der Waals surface area (Å²) in [5, 5.41) is 0. The van der Waals surface area contributed by atoms with E-state index < -0.39 is 7.82 Å². The van der Waals surface area contributed by atoms with E-state index in [1.807, 2.05) is 12.1 Å². The summed E-state index contributed by atoms with van der Waals surface area (Å²) in [6.45, 7) is 0. The van der Waals surface area contributed by atoms with Gasteiger partial charge in [0.25, 0.3) is 5.95 Å². The molecule has 1 aromatic carbocycles. The molecule has 5 rings (SSSR count). The minimum absolute atomic E-state index is 0.0965. The van der Waals surface area contributed by atoms with Crippen LogP contribution in [-0.4, -0.2) is 12.0 Å². The fourth-order valence-electron chi connectivity index (χ4n) is 5.28. The molecular formula is C19H25O5P. The van der Waals surface area contributed by atoms with Gasteiger partial charge in [0.2, 0.25) is 0 Å². The Kier molecular flexibility index (Phi) is 4.55. The fraction of sp³-hybridized carbons (Fsp3) is 0.579. The number of benzene rings is 1. The van der Waals surface area contributed by atoms with Gasteiger partial charge in [0, 0.05) is 6.08 Å². The highest BCUT2D eigenvalue weighted by molar-refractivity contribution is 7.48. The summed E-state index contributed by atoms with van der Waals surface area (Å²) in [4.78, 5) is 10.0. The first-order chi connectivity index (χ1) is 12.0. The number of hydrogen-bond acceptors (Lipinski definition) is 4. The van der Waals surface area contributed by atoms with Crippen LogP contribution in [0.5, 0.6) is 5.75 Å². The van der Waals surface area contributed by atoms with Crippen molar-refractivity contribution in [1.82, 2.24) is 0 Å². The van der Waals surface area contributed by atoms with Gasteiger partial charge >= 0.3 is 7.82 Å². The number of para-hydroxylation sites is 1. The Hall–Kier alpha value is -1.45. The Bertz CT molecular complexity index is 658. The van der Waals surface area contributed by atoms with Gasteiger partial charge in [-0.2, -0.15) is 0 Å². The molecule has 1 N–H and O–H groups in total. The van der Waals surface area contributed by atoms with E-state index in [-0.39, 0.29) is 5.95 Å². The second-order valence-corrected chi connectivity index (χ2v) is 8.96. The summed E-state index contributed by atoms with van der Waals surface area (Å²) in [6, 6.07) is 8.50. The molecule has 0 amide bonds. The highest BCUT2D eigenvalue weighted by atomic mass is 31.2. The van der Waals surface area contributed by atoms with E-state index in [0.29, 0.717) is 23.5 Å². The highest BCUT2D eigenvalue weighted by Gasteiger charge is 2.47. The molecule has 1 atom stereocenters. The maximum absolute atomic E-state index is 12.3. The van der Waals surface area contributed by atoms with E-state index in [4.69, 9.17) is 13.8 Å². The normalized spacial score (nSPS) is 35.9. The average molecular weight is 364 g/mol. The molecule has 6 heteroatoms. The first kappa shape index (κ1) is 17.0. The third-order valence-electron chi connectivity index (χ3n) is 6.00. The van der Waals surface area contributed by atoms with Gasteiger partial charge in [-0.15, -0.1) is 0 Å². The van der Waals surface area contributed by atoms with Crippen molar-refractivity contribution < 1.29 is 23.2 Å². The van der Waals surface area contributed by atoms with Crippen molar-refractivity contribution in [3.63, 3.8) is 0 Å². The zero-order valence-corrected chi connectivity index (χ0v) is 15.3. The predicted octanol–water partition coefficient (Wildman–Crippen LogP) is 4.74. The molecule has 4 saturated carbocycles. The number of phosphoric acid groups is 1.